The molecular weight excluding hydrogens is 228 g/mol. The first-order valence-electron chi connectivity index (χ1n) is 7.25. The van der Waals surface area contributed by atoms with Crippen LogP contribution in [0.3, 0.4) is 0 Å². The molecule has 0 aromatic carbocycles. The quantitative estimate of drug-likeness (QED) is 0.834. The summed E-state index contributed by atoms with van der Waals surface area (Å²) in [6.45, 7) is 4.24. The van der Waals surface area contributed by atoms with E-state index in [1.165, 1.54) is 32.1 Å². The van der Waals surface area contributed by atoms with Gasteiger partial charge in [-0.3, -0.25) is 14.6 Å². The number of hydrogen-bond donors (Lipinski definition) is 1. The molecule has 1 heterocycles. The van der Waals surface area contributed by atoms with Gasteiger partial charge in [-0.2, -0.15) is 0 Å². The van der Waals surface area contributed by atoms with Crippen LogP contribution in [0, 0.1) is 0 Å². The van der Waals surface area contributed by atoms with E-state index < -0.39 is 5.97 Å². The van der Waals surface area contributed by atoms with E-state index in [-0.39, 0.29) is 12.5 Å². The van der Waals surface area contributed by atoms with Crippen LogP contribution in [0.15, 0.2) is 0 Å². The number of carbonyl (C=O) groups is 1. The van der Waals surface area contributed by atoms with Crippen LogP contribution in [0.1, 0.15) is 45.4 Å². The second-order valence-corrected chi connectivity index (χ2v) is 6.01. The first kappa shape index (κ1) is 13.8. The van der Waals surface area contributed by atoms with Crippen LogP contribution in [0.25, 0.3) is 0 Å². The highest BCUT2D eigenvalue weighted by atomic mass is 16.4. The van der Waals surface area contributed by atoms with Gasteiger partial charge in [0, 0.05) is 31.2 Å². The number of rotatable bonds is 3. The first-order chi connectivity index (χ1) is 8.58. The van der Waals surface area contributed by atoms with E-state index >= 15 is 0 Å². The Morgan fingerprint density at radius 1 is 1.22 bits per heavy atom. The summed E-state index contributed by atoms with van der Waals surface area (Å²) in [5.74, 6) is -0.676. The zero-order valence-corrected chi connectivity index (χ0v) is 11.6. The van der Waals surface area contributed by atoms with Crippen molar-refractivity contribution < 1.29 is 9.90 Å². The number of carboxylic acids is 1. The second kappa shape index (κ2) is 6.02. The number of piperazine rings is 1. The average Bonchev–Trinajstić information content (AvgIpc) is 2.35. The van der Waals surface area contributed by atoms with Crippen molar-refractivity contribution >= 4 is 5.97 Å². The molecule has 0 aromatic heterocycles. The van der Waals surface area contributed by atoms with E-state index in [1.54, 1.807) is 0 Å². The topological polar surface area (TPSA) is 43.8 Å². The molecule has 104 valence electrons. The van der Waals surface area contributed by atoms with E-state index in [4.69, 9.17) is 5.11 Å². The van der Waals surface area contributed by atoms with Crippen molar-refractivity contribution in [3.8, 4) is 0 Å². The Bertz CT molecular complexity index is 290. The number of carboxylic acid groups (broad SMARTS) is 1. The molecule has 0 aromatic rings. The van der Waals surface area contributed by atoms with Crippen molar-refractivity contribution in [2.24, 2.45) is 0 Å². The SMILES string of the molecule is CC1CN(C2CCCCC2)CC(CC(=O)O)N1C. The molecule has 0 radical (unpaired) electrons. The van der Waals surface area contributed by atoms with Gasteiger partial charge in [0.15, 0.2) is 0 Å². The summed E-state index contributed by atoms with van der Waals surface area (Å²) in [6, 6.07) is 1.34. The molecule has 0 bridgehead atoms. The number of aliphatic carboxylic acids is 1. The van der Waals surface area contributed by atoms with Crippen LogP contribution in [0.2, 0.25) is 0 Å². The minimum absolute atomic E-state index is 0.174. The normalized spacial score (nSPS) is 32.6. The van der Waals surface area contributed by atoms with Crippen molar-refractivity contribution in [1.29, 1.82) is 0 Å². The average molecular weight is 254 g/mol. The summed E-state index contributed by atoms with van der Waals surface area (Å²) < 4.78 is 0. The van der Waals surface area contributed by atoms with Gasteiger partial charge in [0.25, 0.3) is 0 Å². The monoisotopic (exact) mass is 254 g/mol. The lowest BCUT2D eigenvalue weighted by atomic mass is 9.92. The van der Waals surface area contributed by atoms with E-state index in [1.807, 2.05) is 0 Å². The Kier molecular flexibility index (Phi) is 4.62. The van der Waals surface area contributed by atoms with Gasteiger partial charge in [0.1, 0.15) is 0 Å². The maximum atomic E-state index is 11.0. The van der Waals surface area contributed by atoms with E-state index in [0.717, 1.165) is 13.1 Å². The zero-order valence-electron chi connectivity index (χ0n) is 11.6. The van der Waals surface area contributed by atoms with Crippen molar-refractivity contribution in [1.82, 2.24) is 9.80 Å². The van der Waals surface area contributed by atoms with Crippen LogP contribution in [0.5, 0.6) is 0 Å². The zero-order chi connectivity index (χ0) is 13.1. The highest BCUT2D eigenvalue weighted by molar-refractivity contribution is 5.67. The molecule has 2 rings (SSSR count). The summed E-state index contributed by atoms with van der Waals surface area (Å²) in [5, 5.41) is 9.02. The molecule has 1 aliphatic carbocycles. The fraction of sp³-hybridized carbons (Fsp3) is 0.929. The highest BCUT2D eigenvalue weighted by Crippen LogP contribution is 2.26. The van der Waals surface area contributed by atoms with E-state index in [0.29, 0.717) is 12.1 Å². The van der Waals surface area contributed by atoms with Gasteiger partial charge in [-0.25, -0.2) is 0 Å². The van der Waals surface area contributed by atoms with E-state index in [2.05, 4.69) is 23.8 Å². The molecule has 2 atom stereocenters. The van der Waals surface area contributed by atoms with Gasteiger partial charge >= 0.3 is 5.97 Å². The Hall–Kier alpha value is -0.610. The van der Waals surface area contributed by atoms with Crippen molar-refractivity contribution in [3.63, 3.8) is 0 Å². The summed E-state index contributed by atoms with van der Waals surface area (Å²) in [4.78, 5) is 15.8. The molecule has 0 amide bonds. The van der Waals surface area contributed by atoms with Crippen LogP contribution in [-0.4, -0.2) is 59.1 Å². The smallest absolute Gasteiger partial charge is 0.304 e. The molecule has 2 fully saturated rings. The molecule has 1 saturated heterocycles. The van der Waals surface area contributed by atoms with Crippen LogP contribution in [-0.2, 0) is 4.79 Å². The Labute approximate surface area is 110 Å². The lowest BCUT2D eigenvalue weighted by Gasteiger charge is -2.47. The standard InChI is InChI=1S/C14H26N2O2/c1-11-9-16(12-6-4-3-5-7-12)10-13(15(11)2)8-14(17)18/h11-13H,3-10H2,1-2H3,(H,17,18). The third-order valence-electron chi connectivity index (χ3n) is 4.72. The van der Waals surface area contributed by atoms with Gasteiger partial charge in [-0.05, 0) is 26.8 Å². The third kappa shape index (κ3) is 3.23. The predicted octanol–water partition coefficient (Wildman–Crippen LogP) is 1.80. The molecule has 1 N–H and O–H groups in total. The fourth-order valence-electron chi connectivity index (χ4n) is 3.46. The van der Waals surface area contributed by atoms with Crippen LogP contribution < -0.4 is 0 Å². The molecule has 2 unspecified atom stereocenters. The molecule has 18 heavy (non-hydrogen) atoms. The van der Waals surface area contributed by atoms with Crippen molar-refractivity contribution in [2.75, 3.05) is 20.1 Å². The van der Waals surface area contributed by atoms with Crippen LogP contribution >= 0.6 is 0 Å². The minimum atomic E-state index is -0.676. The van der Waals surface area contributed by atoms with Gasteiger partial charge in [0.05, 0.1) is 6.42 Å². The van der Waals surface area contributed by atoms with Gasteiger partial charge in [-0.1, -0.05) is 19.3 Å². The highest BCUT2D eigenvalue weighted by Gasteiger charge is 2.34. The van der Waals surface area contributed by atoms with Gasteiger partial charge < -0.3 is 5.11 Å². The van der Waals surface area contributed by atoms with Gasteiger partial charge in [-0.15, -0.1) is 0 Å². The third-order valence-corrected chi connectivity index (χ3v) is 4.72. The molecule has 1 saturated carbocycles. The number of hydrogen-bond acceptors (Lipinski definition) is 3. The first-order valence-corrected chi connectivity index (χ1v) is 7.25. The maximum Gasteiger partial charge on any atom is 0.304 e. The molecule has 4 nitrogen and oxygen atoms in total. The number of likely N-dealkylation sites (N-methyl/N-ethyl adjacent to an activating group) is 1. The molecule has 1 aliphatic heterocycles. The lowest BCUT2D eigenvalue weighted by Crippen LogP contribution is -2.59. The lowest BCUT2D eigenvalue weighted by molar-refractivity contribution is -0.139. The predicted molar refractivity (Wildman–Crippen MR) is 71.7 cm³/mol. The summed E-state index contributed by atoms with van der Waals surface area (Å²) in [6.07, 6.45) is 6.93. The molecular formula is C14H26N2O2. The van der Waals surface area contributed by atoms with Crippen LogP contribution in [0.4, 0.5) is 0 Å². The Balaban J connectivity index is 1.97. The van der Waals surface area contributed by atoms with E-state index in [9.17, 15) is 4.79 Å². The second-order valence-electron chi connectivity index (χ2n) is 6.01. The van der Waals surface area contributed by atoms with Crippen molar-refractivity contribution in [2.45, 2.75) is 63.6 Å². The Morgan fingerprint density at radius 3 is 2.50 bits per heavy atom. The van der Waals surface area contributed by atoms with Gasteiger partial charge in [0.2, 0.25) is 0 Å². The molecule has 4 heteroatoms. The maximum absolute atomic E-state index is 11.0. The molecule has 2 aliphatic rings. The van der Waals surface area contributed by atoms with Crippen molar-refractivity contribution in [3.05, 3.63) is 0 Å². The fourth-order valence-corrected chi connectivity index (χ4v) is 3.46. The minimum Gasteiger partial charge on any atom is -0.481 e. The summed E-state index contributed by atoms with van der Waals surface area (Å²) >= 11 is 0. The molecule has 0 spiro atoms. The number of nitrogens with zero attached hydrogens (tertiary/aromatic N) is 2. The largest absolute Gasteiger partial charge is 0.481 e. The summed E-state index contributed by atoms with van der Waals surface area (Å²) in [7, 11) is 2.07. The summed E-state index contributed by atoms with van der Waals surface area (Å²) in [5.41, 5.74) is 0. The Morgan fingerprint density at radius 2 is 1.89 bits per heavy atom.